The largest absolute Gasteiger partial charge is 0.384 e. The van der Waals surface area contributed by atoms with Crippen molar-refractivity contribution in [3.8, 4) is 0 Å². The maximum atomic E-state index is 9.61. The molecule has 0 amide bonds. The zero-order chi connectivity index (χ0) is 9.97. The molecule has 0 saturated heterocycles. The van der Waals surface area contributed by atoms with E-state index in [1.807, 2.05) is 12.1 Å². The Morgan fingerprint density at radius 1 is 1.43 bits per heavy atom. The molecule has 0 spiro atoms. The number of aliphatic hydroxyl groups excluding tert-OH is 1. The Balaban J connectivity index is 2.21. The van der Waals surface area contributed by atoms with Crippen molar-refractivity contribution in [2.45, 2.75) is 31.3 Å². The summed E-state index contributed by atoms with van der Waals surface area (Å²) in [6.07, 6.45) is 5.00. The fourth-order valence-electron chi connectivity index (χ4n) is 1.87. The summed E-state index contributed by atoms with van der Waals surface area (Å²) >= 11 is 0. The van der Waals surface area contributed by atoms with Gasteiger partial charge < -0.3 is 5.11 Å². The van der Waals surface area contributed by atoms with Crippen molar-refractivity contribution >= 4 is 0 Å². The highest BCUT2D eigenvalue weighted by Gasteiger charge is 2.19. The Labute approximate surface area is 85.1 Å². The van der Waals surface area contributed by atoms with Gasteiger partial charge in [-0.3, -0.25) is 0 Å². The summed E-state index contributed by atoms with van der Waals surface area (Å²) in [5.41, 5.74) is 2.33. The van der Waals surface area contributed by atoms with Gasteiger partial charge in [0.2, 0.25) is 0 Å². The summed E-state index contributed by atoms with van der Waals surface area (Å²) in [5, 5.41) is 9.61. The van der Waals surface area contributed by atoms with E-state index in [-0.39, 0.29) is 0 Å². The molecule has 0 heterocycles. The van der Waals surface area contributed by atoms with E-state index >= 15 is 0 Å². The van der Waals surface area contributed by atoms with Gasteiger partial charge in [0.1, 0.15) is 0 Å². The maximum Gasteiger partial charge on any atom is 0.0969 e. The van der Waals surface area contributed by atoms with Gasteiger partial charge in [-0.2, -0.15) is 0 Å². The summed E-state index contributed by atoms with van der Waals surface area (Å²) in [6.45, 7) is 3.60. The van der Waals surface area contributed by atoms with Gasteiger partial charge in [-0.05, 0) is 29.9 Å². The van der Waals surface area contributed by atoms with Gasteiger partial charge >= 0.3 is 0 Å². The molecule has 1 aromatic carbocycles. The van der Waals surface area contributed by atoms with E-state index in [0.29, 0.717) is 0 Å². The molecule has 0 radical (unpaired) electrons. The highest BCUT2D eigenvalue weighted by molar-refractivity contribution is 5.30. The zero-order valence-electron chi connectivity index (χ0n) is 8.32. The lowest BCUT2D eigenvalue weighted by Crippen LogP contribution is -2.09. The molecule has 14 heavy (non-hydrogen) atoms. The molecule has 1 N–H and O–H groups in total. The van der Waals surface area contributed by atoms with Crippen LogP contribution >= 0.6 is 0 Å². The van der Waals surface area contributed by atoms with Crippen molar-refractivity contribution in [1.29, 1.82) is 0 Å². The SMILES string of the molecule is C=CC(O)c1cccc(C2CCC2)c1. The van der Waals surface area contributed by atoms with Crippen LogP contribution in [0.1, 0.15) is 42.4 Å². The van der Waals surface area contributed by atoms with Crippen LogP contribution in [0, 0.1) is 0 Å². The van der Waals surface area contributed by atoms with Gasteiger partial charge in [0.15, 0.2) is 0 Å². The predicted octanol–water partition coefficient (Wildman–Crippen LogP) is 3.17. The van der Waals surface area contributed by atoms with E-state index in [0.717, 1.165) is 11.5 Å². The highest BCUT2D eigenvalue weighted by Crippen LogP contribution is 2.36. The Hall–Kier alpha value is -1.08. The van der Waals surface area contributed by atoms with Gasteiger partial charge in [0.05, 0.1) is 6.10 Å². The Kier molecular flexibility index (Phi) is 2.69. The lowest BCUT2D eigenvalue weighted by atomic mass is 9.79. The third-order valence-corrected chi connectivity index (χ3v) is 3.05. The predicted molar refractivity (Wildman–Crippen MR) is 58.2 cm³/mol. The van der Waals surface area contributed by atoms with Crippen LogP contribution in [0.2, 0.25) is 0 Å². The second-order valence-corrected chi connectivity index (χ2v) is 3.98. The molecular formula is C13H16O. The van der Waals surface area contributed by atoms with Crippen LogP contribution < -0.4 is 0 Å². The lowest BCUT2D eigenvalue weighted by molar-refractivity contribution is 0.229. The van der Waals surface area contributed by atoms with Crippen LogP contribution in [0.4, 0.5) is 0 Å². The molecule has 1 aromatic rings. The quantitative estimate of drug-likeness (QED) is 0.722. The second-order valence-electron chi connectivity index (χ2n) is 3.98. The minimum absolute atomic E-state index is 0.518. The molecule has 2 rings (SSSR count). The summed E-state index contributed by atoms with van der Waals surface area (Å²) in [4.78, 5) is 0. The van der Waals surface area contributed by atoms with Crippen molar-refractivity contribution in [3.63, 3.8) is 0 Å². The number of hydrogen-bond acceptors (Lipinski definition) is 1. The molecule has 1 aliphatic carbocycles. The number of rotatable bonds is 3. The van der Waals surface area contributed by atoms with Gasteiger partial charge in [0, 0.05) is 0 Å². The molecule has 0 aromatic heterocycles. The summed E-state index contributed by atoms with van der Waals surface area (Å²) in [5.74, 6) is 0.729. The molecule has 1 saturated carbocycles. The standard InChI is InChI=1S/C13H16O/c1-2-13(14)12-8-4-7-11(9-12)10-5-3-6-10/h2,4,7-10,13-14H,1,3,5-6H2. The minimum atomic E-state index is -0.518. The molecule has 1 aliphatic rings. The smallest absolute Gasteiger partial charge is 0.0969 e. The molecule has 1 heteroatoms. The molecule has 0 bridgehead atoms. The number of aliphatic hydroxyl groups is 1. The molecule has 74 valence electrons. The third-order valence-electron chi connectivity index (χ3n) is 3.05. The van der Waals surface area contributed by atoms with E-state index in [1.165, 1.54) is 24.8 Å². The van der Waals surface area contributed by atoms with Crippen molar-refractivity contribution in [2.75, 3.05) is 0 Å². The number of benzene rings is 1. The summed E-state index contributed by atoms with van der Waals surface area (Å²) < 4.78 is 0. The van der Waals surface area contributed by atoms with Crippen LogP contribution in [-0.2, 0) is 0 Å². The van der Waals surface area contributed by atoms with Gasteiger partial charge in [-0.25, -0.2) is 0 Å². The Bertz CT molecular complexity index is 326. The first-order valence-electron chi connectivity index (χ1n) is 5.21. The molecule has 1 fully saturated rings. The molecule has 1 atom stereocenters. The van der Waals surface area contributed by atoms with Crippen molar-refractivity contribution in [3.05, 3.63) is 48.0 Å². The first kappa shape index (κ1) is 9.47. The maximum absolute atomic E-state index is 9.61. The first-order valence-corrected chi connectivity index (χ1v) is 5.21. The molecule has 1 nitrogen and oxygen atoms in total. The summed E-state index contributed by atoms with van der Waals surface area (Å²) in [7, 11) is 0. The first-order chi connectivity index (χ1) is 6.81. The van der Waals surface area contributed by atoms with Gasteiger partial charge in [0.25, 0.3) is 0 Å². The second kappa shape index (κ2) is 3.97. The highest BCUT2D eigenvalue weighted by atomic mass is 16.3. The van der Waals surface area contributed by atoms with E-state index < -0.39 is 6.10 Å². The zero-order valence-corrected chi connectivity index (χ0v) is 8.32. The van der Waals surface area contributed by atoms with E-state index in [1.54, 1.807) is 6.08 Å². The van der Waals surface area contributed by atoms with E-state index in [9.17, 15) is 5.11 Å². The van der Waals surface area contributed by atoms with Gasteiger partial charge in [-0.1, -0.05) is 36.8 Å². The van der Waals surface area contributed by atoms with Gasteiger partial charge in [-0.15, -0.1) is 6.58 Å². The topological polar surface area (TPSA) is 20.2 Å². The van der Waals surface area contributed by atoms with Crippen LogP contribution in [-0.4, -0.2) is 5.11 Å². The van der Waals surface area contributed by atoms with Crippen molar-refractivity contribution < 1.29 is 5.11 Å². The monoisotopic (exact) mass is 188 g/mol. The fourth-order valence-corrected chi connectivity index (χ4v) is 1.87. The Morgan fingerprint density at radius 2 is 2.21 bits per heavy atom. The van der Waals surface area contributed by atoms with Crippen LogP contribution in [0.15, 0.2) is 36.9 Å². The fraction of sp³-hybridized carbons (Fsp3) is 0.385. The average molecular weight is 188 g/mol. The van der Waals surface area contributed by atoms with Crippen LogP contribution in [0.5, 0.6) is 0 Å². The third kappa shape index (κ3) is 1.73. The molecular weight excluding hydrogens is 172 g/mol. The van der Waals surface area contributed by atoms with Crippen LogP contribution in [0.3, 0.4) is 0 Å². The number of hydrogen-bond donors (Lipinski definition) is 1. The van der Waals surface area contributed by atoms with E-state index in [2.05, 4.69) is 18.7 Å². The Morgan fingerprint density at radius 3 is 2.79 bits per heavy atom. The van der Waals surface area contributed by atoms with Crippen LogP contribution in [0.25, 0.3) is 0 Å². The average Bonchev–Trinajstić information content (AvgIpc) is 2.14. The normalized spacial score (nSPS) is 18.6. The van der Waals surface area contributed by atoms with Crippen molar-refractivity contribution in [2.24, 2.45) is 0 Å². The molecule has 0 aliphatic heterocycles. The van der Waals surface area contributed by atoms with E-state index in [4.69, 9.17) is 0 Å². The summed E-state index contributed by atoms with van der Waals surface area (Å²) in [6, 6.07) is 8.24. The lowest BCUT2D eigenvalue weighted by Gasteiger charge is -2.26. The minimum Gasteiger partial charge on any atom is -0.384 e. The molecule has 1 unspecified atom stereocenters. The van der Waals surface area contributed by atoms with Crippen molar-refractivity contribution in [1.82, 2.24) is 0 Å².